The van der Waals surface area contributed by atoms with Gasteiger partial charge >= 0.3 is 0 Å². The molecule has 0 atom stereocenters. The van der Waals surface area contributed by atoms with Gasteiger partial charge in [-0.2, -0.15) is 0 Å². The Labute approximate surface area is 193 Å². The monoisotopic (exact) mass is 469 g/mol. The van der Waals surface area contributed by atoms with Crippen LogP contribution in [0.15, 0.2) is 42.9 Å². The molecule has 1 aliphatic heterocycles. The van der Waals surface area contributed by atoms with Gasteiger partial charge in [-0.05, 0) is 56.0 Å². The first-order valence-electron chi connectivity index (χ1n) is 11.6. The van der Waals surface area contributed by atoms with Crippen LogP contribution in [0.1, 0.15) is 51.0 Å². The minimum absolute atomic E-state index is 0.0311. The molecule has 0 spiro atoms. The first-order chi connectivity index (χ1) is 16.0. The van der Waals surface area contributed by atoms with Crippen molar-refractivity contribution in [2.24, 2.45) is 0 Å². The number of halogens is 1. The fourth-order valence-electron chi connectivity index (χ4n) is 4.85. The zero-order valence-electron chi connectivity index (χ0n) is 18.5. The Morgan fingerprint density at radius 3 is 2.39 bits per heavy atom. The first-order valence-corrected chi connectivity index (χ1v) is 13.4. The Balaban J connectivity index is 1.50. The van der Waals surface area contributed by atoms with Crippen LogP contribution in [0.5, 0.6) is 0 Å². The highest BCUT2D eigenvalue weighted by Gasteiger charge is 2.26. The molecule has 5 rings (SSSR count). The van der Waals surface area contributed by atoms with E-state index >= 15 is 0 Å². The molecule has 2 aromatic heterocycles. The molecule has 174 valence electrons. The van der Waals surface area contributed by atoms with Gasteiger partial charge in [0.15, 0.2) is 0 Å². The Bertz CT molecular complexity index is 1210. The summed E-state index contributed by atoms with van der Waals surface area (Å²) in [6.07, 6.45) is 10.5. The van der Waals surface area contributed by atoms with Crippen LogP contribution in [0.25, 0.3) is 22.6 Å². The van der Waals surface area contributed by atoms with E-state index in [1.807, 2.05) is 12.4 Å². The number of sulfone groups is 1. The van der Waals surface area contributed by atoms with Crippen LogP contribution in [0.4, 0.5) is 10.3 Å². The predicted molar refractivity (Wildman–Crippen MR) is 126 cm³/mol. The van der Waals surface area contributed by atoms with Gasteiger partial charge in [0, 0.05) is 23.8 Å². The highest BCUT2D eigenvalue weighted by Crippen LogP contribution is 2.37. The fraction of sp³-hybridized carbons (Fsp3) is 0.458. The molecule has 1 aliphatic carbocycles. The van der Waals surface area contributed by atoms with E-state index in [2.05, 4.69) is 14.9 Å². The molecule has 3 heterocycles. The molecule has 2 aliphatic rings. The highest BCUT2D eigenvalue weighted by atomic mass is 32.2. The Morgan fingerprint density at radius 2 is 1.67 bits per heavy atom. The second kappa shape index (κ2) is 9.21. The van der Waals surface area contributed by atoms with Gasteiger partial charge in [-0.25, -0.2) is 27.8 Å². The minimum Gasteiger partial charge on any atom is -0.351 e. The van der Waals surface area contributed by atoms with Crippen molar-refractivity contribution >= 4 is 15.8 Å². The van der Waals surface area contributed by atoms with Crippen LogP contribution < -0.4 is 5.32 Å². The normalized spacial score (nSPS) is 19.4. The van der Waals surface area contributed by atoms with Crippen molar-refractivity contribution < 1.29 is 12.8 Å². The van der Waals surface area contributed by atoms with Crippen molar-refractivity contribution in [2.45, 2.75) is 57.0 Å². The average molecular weight is 470 g/mol. The maximum atomic E-state index is 13.6. The van der Waals surface area contributed by atoms with Crippen LogP contribution in [0, 0.1) is 5.82 Å². The number of nitrogens with zero attached hydrogens (tertiary/aromatic N) is 4. The molecule has 7 nitrogen and oxygen atoms in total. The van der Waals surface area contributed by atoms with Gasteiger partial charge in [-0.1, -0.05) is 19.3 Å². The molecule has 1 aromatic carbocycles. The quantitative estimate of drug-likeness (QED) is 0.586. The summed E-state index contributed by atoms with van der Waals surface area (Å²) in [5, 5.41) is 3.32. The third kappa shape index (κ3) is 4.93. The van der Waals surface area contributed by atoms with Gasteiger partial charge in [0.1, 0.15) is 15.7 Å². The van der Waals surface area contributed by atoms with Gasteiger partial charge in [-0.3, -0.25) is 0 Å². The molecule has 0 radical (unpaired) electrons. The number of rotatable bonds is 5. The number of nitrogens with one attached hydrogen (secondary N) is 1. The molecule has 9 heteroatoms. The summed E-state index contributed by atoms with van der Waals surface area (Å²) in [4.78, 5) is 13.9. The molecule has 2 fully saturated rings. The van der Waals surface area contributed by atoms with E-state index < -0.39 is 9.84 Å². The maximum Gasteiger partial charge on any atom is 0.223 e. The molecule has 33 heavy (non-hydrogen) atoms. The van der Waals surface area contributed by atoms with E-state index in [-0.39, 0.29) is 23.4 Å². The molecule has 1 N–H and O–H groups in total. The Kier molecular flexibility index (Phi) is 6.14. The largest absolute Gasteiger partial charge is 0.351 e. The third-order valence-electron chi connectivity index (χ3n) is 6.67. The molecule has 0 unspecified atom stereocenters. The zero-order valence-corrected chi connectivity index (χ0v) is 19.3. The van der Waals surface area contributed by atoms with E-state index in [1.165, 1.54) is 31.4 Å². The van der Waals surface area contributed by atoms with E-state index in [0.717, 1.165) is 35.5 Å². The molecule has 1 saturated carbocycles. The third-order valence-corrected chi connectivity index (χ3v) is 8.38. The average Bonchev–Trinajstić information content (AvgIpc) is 3.27. The fourth-order valence-corrected chi connectivity index (χ4v) is 6.34. The summed E-state index contributed by atoms with van der Waals surface area (Å²) in [5.74, 6) is 0.578. The van der Waals surface area contributed by atoms with Crippen LogP contribution in [-0.2, 0) is 9.84 Å². The van der Waals surface area contributed by atoms with Crippen LogP contribution >= 0.6 is 0 Å². The van der Waals surface area contributed by atoms with Crippen molar-refractivity contribution in [3.63, 3.8) is 0 Å². The standard InChI is InChI=1S/C24H28FN5O2S/c25-18-8-6-17(7-9-18)22-23(30(16-27-22)20-4-2-1-3-5-20)21-10-13-26-24(29-21)28-19-11-14-33(31,32)15-12-19/h6-10,13,16,19-20H,1-5,11-12,14-15H2,(H,26,28,29). The second-order valence-electron chi connectivity index (χ2n) is 8.98. The lowest BCUT2D eigenvalue weighted by molar-refractivity contribution is 0.355. The van der Waals surface area contributed by atoms with E-state index in [0.29, 0.717) is 24.8 Å². The summed E-state index contributed by atoms with van der Waals surface area (Å²) < 4.78 is 39.3. The number of imidazole rings is 1. The van der Waals surface area contributed by atoms with Gasteiger partial charge in [0.05, 0.1) is 34.9 Å². The second-order valence-corrected chi connectivity index (χ2v) is 11.3. The SMILES string of the molecule is O=S1(=O)CCC(Nc2nccc(-c3c(-c4ccc(F)cc4)ncn3C3CCCCC3)n2)CC1. The predicted octanol–water partition coefficient (Wildman–Crippen LogP) is 4.64. The summed E-state index contributed by atoms with van der Waals surface area (Å²) in [6, 6.07) is 8.64. The van der Waals surface area contributed by atoms with Crippen molar-refractivity contribution in [3.8, 4) is 22.6 Å². The van der Waals surface area contributed by atoms with Crippen LogP contribution in [0.2, 0.25) is 0 Å². The smallest absolute Gasteiger partial charge is 0.223 e. The minimum atomic E-state index is -2.93. The van der Waals surface area contributed by atoms with Crippen LogP contribution in [-0.4, -0.2) is 45.5 Å². The van der Waals surface area contributed by atoms with E-state index in [9.17, 15) is 12.8 Å². The number of hydrogen-bond donors (Lipinski definition) is 1. The molecule has 0 bridgehead atoms. The topological polar surface area (TPSA) is 89.8 Å². The summed E-state index contributed by atoms with van der Waals surface area (Å²) in [6.45, 7) is 0. The Hall–Kier alpha value is -2.81. The van der Waals surface area contributed by atoms with Crippen molar-refractivity contribution in [3.05, 3.63) is 48.7 Å². The molecular formula is C24H28FN5O2S. The lowest BCUT2D eigenvalue weighted by Crippen LogP contribution is -2.32. The van der Waals surface area contributed by atoms with Gasteiger partial charge in [0.25, 0.3) is 0 Å². The van der Waals surface area contributed by atoms with Gasteiger partial charge < -0.3 is 9.88 Å². The first kappa shape index (κ1) is 22.0. The Morgan fingerprint density at radius 1 is 0.939 bits per heavy atom. The molecule has 0 amide bonds. The number of benzene rings is 1. The molecule has 1 saturated heterocycles. The maximum absolute atomic E-state index is 13.6. The summed E-state index contributed by atoms with van der Waals surface area (Å²) in [5.41, 5.74) is 3.27. The summed E-state index contributed by atoms with van der Waals surface area (Å²) in [7, 11) is -2.93. The number of anilines is 1. The van der Waals surface area contributed by atoms with Crippen molar-refractivity contribution in [1.29, 1.82) is 0 Å². The van der Waals surface area contributed by atoms with Gasteiger partial charge in [0.2, 0.25) is 5.95 Å². The highest BCUT2D eigenvalue weighted by molar-refractivity contribution is 7.91. The molecular weight excluding hydrogens is 441 g/mol. The van der Waals surface area contributed by atoms with Crippen molar-refractivity contribution in [1.82, 2.24) is 19.5 Å². The van der Waals surface area contributed by atoms with E-state index in [1.54, 1.807) is 18.3 Å². The van der Waals surface area contributed by atoms with Crippen LogP contribution in [0.3, 0.4) is 0 Å². The number of aromatic nitrogens is 4. The lowest BCUT2D eigenvalue weighted by atomic mass is 9.95. The summed E-state index contributed by atoms with van der Waals surface area (Å²) >= 11 is 0. The van der Waals surface area contributed by atoms with E-state index in [4.69, 9.17) is 9.97 Å². The van der Waals surface area contributed by atoms with Gasteiger partial charge in [-0.15, -0.1) is 0 Å². The molecule has 3 aromatic rings. The lowest BCUT2D eigenvalue weighted by Gasteiger charge is -2.25. The van der Waals surface area contributed by atoms with Crippen molar-refractivity contribution in [2.75, 3.05) is 16.8 Å². The zero-order chi connectivity index (χ0) is 22.8. The number of hydrogen-bond acceptors (Lipinski definition) is 6.